The average Bonchev–Trinajstić information content (AvgIpc) is 3.22. The molecule has 4 rings (SSSR count). The molecule has 2 aliphatic heterocycles. The summed E-state index contributed by atoms with van der Waals surface area (Å²) in [6, 6.07) is 6.88. The third kappa shape index (κ3) is 2.72. The molecule has 0 radical (unpaired) electrons. The van der Waals surface area contributed by atoms with Gasteiger partial charge in [0.15, 0.2) is 0 Å². The first kappa shape index (κ1) is 14.7. The van der Waals surface area contributed by atoms with E-state index in [1.165, 1.54) is 13.3 Å². The summed E-state index contributed by atoms with van der Waals surface area (Å²) in [6.45, 7) is 1.49. The number of amides is 2. The van der Waals surface area contributed by atoms with Gasteiger partial charge in [-0.25, -0.2) is 0 Å². The Morgan fingerprint density at radius 1 is 1.30 bits per heavy atom. The fourth-order valence-corrected chi connectivity index (χ4v) is 4.57. The third-order valence-electron chi connectivity index (χ3n) is 4.76. The lowest BCUT2D eigenvalue weighted by Gasteiger charge is -2.21. The van der Waals surface area contributed by atoms with E-state index in [-0.39, 0.29) is 17.9 Å². The van der Waals surface area contributed by atoms with Crippen molar-refractivity contribution in [2.24, 2.45) is 0 Å². The molecule has 3 N–H and O–H groups in total. The van der Waals surface area contributed by atoms with Gasteiger partial charge in [0.25, 0.3) is 5.91 Å². The van der Waals surface area contributed by atoms with Crippen LogP contribution >= 0.6 is 11.3 Å². The zero-order valence-corrected chi connectivity index (χ0v) is 13.7. The van der Waals surface area contributed by atoms with Crippen LogP contribution in [0.2, 0.25) is 0 Å². The van der Waals surface area contributed by atoms with Gasteiger partial charge in [-0.15, -0.1) is 11.3 Å². The summed E-state index contributed by atoms with van der Waals surface area (Å²) in [7, 11) is 0. The van der Waals surface area contributed by atoms with E-state index in [0.29, 0.717) is 17.6 Å². The highest BCUT2D eigenvalue weighted by molar-refractivity contribution is 7.17. The standard InChI is InChI=1S/C17H19N3O2S/c1-9(21)18-15-8-23-16-5-2-10(6-12(15)16)17(22)20-14-7-11-3-4-13(14)19-11/h2,5-6,8,11,13-14,19H,3-4,7H2,1H3,(H,18,21)(H,20,22)/t11-,13+,14-/m1/s1. The number of thiophene rings is 1. The van der Waals surface area contributed by atoms with Crippen LogP contribution in [0.5, 0.6) is 0 Å². The van der Waals surface area contributed by atoms with Gasteiger partial charge in [0, 0.05) is 46.1 Å². The Kier molecular flexibility index (Phi) is 3.58. The lowest BCUT2D eigenvalue weighted by atomic mass is 9.95. The molecule has 3 heterocycles. The zero-order chi connectivity index (χ0) is 16.0. The van der Waals surface area contributed by atoms with E-state index in [1.54, 1.807) is 11.3 Å². The number of carbonyl (C=O) groups is 2. The number of nitrogens with one attached hydrogen (secondary N) is 3. The highest BCUT2D eigenvalue weighted by atomic mass is 32.1. The molecule has 2 aromatic rings. The second-order valence-electron chi connectivity index (χ2n) is 6.40. The molecule has 1 aromatic heterocycles. The first-order valence-corrected chi connectivity index (χ1v) is 8.84. The van der Waals surface area contributed by atoms with Gasteiger partial charge in [0.1, 0.15) is 0 Å². The van der Waals surface area contributed by atoms with E-state index >= 15 is 0 Å². The van der Waals surface area contributed by atoms with Gasteiger partial charge in [-0.1, -0.05) is 0 Å². The second-order valence-corrected chi connectivity index (χ2v) is 7.32. The molecule has 0 aliphatic carbocycles. The number of carbonyl (C=O) groups excluding carboxylic acids is 2. The predicted octanol–water partition coefficient (Wildman–Crippen LogP) is 2.48. The molecule has 2 amide bonds. The maximum Gasteiger partial charge on any atom is 0.251 e. The minimum Gasteiger partial charge on any atom is -0.348 e. The van der Waals surface area contributed by atoms with Crippen LogP contribution in [0.4, 0.5) is 5.69 Å². The smallest absolute Gasteiger partial charge is 0.251 e. The number of anilines is 1. The van der Waals surface area contributed by atoms with Gasteiger partial charge in [-0.3, -0.25) is 9.59 Å². The minimum atomic E-state index is -0.104. The number of hydrogen-bond donors (Lipinski definition) is 3. The SMILES string of the molecule is CC(=O)Nc1csc2ccc(C(=O)N[C@@H]3C[C@H]4CC[C@@H]3N4)cc12. The fraction of sp³-hybridized carbons (Fsp3) is 0.412. The van der Waals surface area contributed by atoms with Crippen molar-refractivity contribution in [2.45, 2.75) is 44.3 Å². The molecule has 23 heavy (non-hydrogen) atoms. The summed E-state index contributed by atoms with van der Waals surface area (Å²) in [5, 5.41) is 12.3. The molecule has 2 saturated heterocycles. The molecule has 5 nitrogen and oxygen atoms in total. The number of fused-ring (bicyclic) bond motifs is 3. The van der Waals surface area contributed by atoms with E-state index < -0.39 is 0 Å². The zero-order valence-electron chi connectivity index (χ0n) is 12.9. The Labute approximate surface area is 138 Å². The molecule has 120 valence electrons. The van der Waals surface area contributed by atoms with Crippen LogP contribution in [-0.2, 0) is 4.79 Å². The van der Waals surface area contributed by atoms with Crippen molar-refractivity contribution in [1.29, 1.82) is 0 Å². The van der Waals surface area contributed by atoms with Gasteiger partial charge >= 0.3 is 0 Å². The maximum atomic E-state index is 12.6. The molecule has 1 aromatic carbocycles. The van der Waals surface area contributed by atoms with E-state index in [1.807, 2.05) is 23.6 Å². The largest absolute Gasteiger partial charge is 0.348 e. The molecular formula is C17H19N3O2S. The topological polar surface area (TPSA) is 70.2 Å². The van der Waals surface area contributed by atoms with Crippen molar-refractivity contribution >= 4 is 38.9 Å². The Bertz CT molecular complexity index is 785. The van der Waals surface area contributed by atoms with E-state index in [4.69, 9.17) is 0 Å². The summed E-state index contributed by atoms with van der Waals surface area (Å²) < 4.78 is 1.06. The number of rotatable bonds is 3. The molecule has 0 saturated carbocycles. The van der Waals surface area contributed by atoms with Crippen molar-refractivity contribution in [3.63, 3.8) is 0 Å². The van der Waals surface area contributed by atoms with Crippen LogP contribution in [-0.4, -0.2) is 29.9 Å². The fourth-order valence-electron chi connectivity index (χ4n) is 3.69. The summed E-state index contributed by atoms with van der Waals surface area (Å²) in [6.07, 6.45) is 3.39. The molecule has 2 fully saturated rings. The number of hydrogen-bond acceptors (Lipinski definition) is 4. The van der Waals surface area contributed by atoms with Crippen molar-refractivity contribution in [1.82, 2.24) is 10.6 Å². The lowest BCUT2D eigenvalue weighted by Crippen LogP contribution is -2.42. The first-order valence-electron chi connectivity index (χ1n) is 7.96. The van der Waals surface area contributed by atoms with Gasteiger partial charge in [-0.05, 0) is 37.5 Å². The molecule has 3 atom stereocenters. The summed E-state index contributed by atoms with van der Waals surface area (Å²) in [5.41, 5.74) is 1.42. The lowest BCUT2D eigenvalue weighted by molar-refractivity contribution is -0.114. The summed E-state index contributed by atoms with van der Waals surface area (Å²) in [4.78, 5) is 23.8. The maximum absolute atomic E-state index is 12.6. The van der Waals surface area contributed by atoms with E-state index in [9.17, 15) is 9.59 Å². The summed E-state index contributed by atoms with van der Waals surface area (Å²) in [5.74, 6) is -0.140. The Hall–Kier alpha value is -1.92. The van der Waals surface area contributed by atoms with Crippen LogP contribution in [0.15, 0.2) is 23.6 Å². The Morgan fingerprint density at radius 2 is 2.17 bits per heavy atom. The van der Waals surface area contributed by atoms with Crippen LogP contribution in [0.1, 0.15) is 36.5 Å². The van der Waals surface area contributed by atoms with Crippen molar-refractivity contribution in [3.05, 3.63) is 29.1 Å². The average molecular weight is 329 g/mol. The van der Waals surface area contributed by atoms with Gasteiger partial charge in [0.05, 0.1) is 5.69 Å². The van der Waals surface area contributed by atoms with Crippen molar-refractivity contribution < 1.29 is 9.59 Å². The molecule has 2 aliphatic rings. The number of benzene rings is 1. The monoisotopic (exact) mass is 329 g/mol. The first-order chi connectivity index (χ1) is 11.1. The van der Waals surface area contributed by atoms with Gasteiger partial charge < -0.3 is 16.0 Å². The van der Waals surface area contributed by atoms with Gasteiger partial charge in [0.2, 0.25) is 5.91 Å². The highest BCUT2D eigenvalue weighted by Gasteiger charge is 2.39. The highest BCUT2D eigenvalue weighted by Crippen LogP contribution is 2.32. The molecule has 0 spiro atoms. The Balaban J connectivity index is 1.55. The van der Waals surface area contributed by atoms with Crippen LogP contribution in [0, 0.1) is 0 Å². The molecular weight excluding hydrogens is 310 g/mol. The van der Waals surface area contributed by atoms with Crippen molar-refractivity contribution in [3.8, 4) is 0 Å². The minimum absolute atomic E-state index is 0.0359. The van der Waals surface area contributed by atoms with E-state index in [0.717, 1.165) is 28.6 Å². The van der Waals surface area contributed by atoms with Crippen LogP contribution in [0.25, 0.3) is 10.1 Å². The van der Waals surface area contributed by atoms with Gasteiger partial charge in [-0.2, -0.15) is 0 Å². The Morgan fingerprint density at radius 3 is 2.87 bits per heavy atom. The van der Waals surface area contributed by atoms with Crippen LogP contribution in [0.3, 0.4) is 0 Å². The van der Waals surface area contributed by atoms with E-state index in [2.05, 4.69) is 16.0 Å². The predicted molar refractivity (Wildman–Crippen MR) is 91.9 cm³/mol. The quantitative estimate of drug-likeness (QED) is 0.810. The molecule has 6 heteroatoms. The third-order valence-corrected chi connectivity index (χ3v) is 5.73. The second kappa shape index (κ2) is 5.62. The van der Waals surface area contributed by atoms with Crippen molar-refractivity contribution in [2.75, 3.05) is 5.32 Å². The molecule has 0 unspecified atom stereocenters. The van der Waals surface area contributed by atoms with Crippen LogP contribution < -0.4 is 16.0 Å². The summed E-state index contributed by atoms with van der Waals surface area (Å²) >= 11 is 1.56. The normalized spacial score (nSPS) is 25.7. The molecule has 2 bridgehead atoms.